The number of aryl methyl sites for hydroxylation is 1. The minimum Gasteiger partial charge on any atom is -0.456 e. The van der Waals surface area contributed by atoms with Gasteiger partial charge in [0.25, 0.3) is 5.91 Å². The second kappa shape index (κ2) is 8.22. The third kappa shape index (κ3) is 3.65. The molecular weight excluding hydrogens is 388 g/mol. The van der Waals surface area contributed by atoms with Crippen LogP contribution in [0.3, 0.4) is 0 Å². The van der Waals surface area contributed by atoms with E-state index in [0.717, 1.165) is 42.8 Å². The highest BCUT2D eigenvalue weighted by Gasteiger charge is 2.34. The lowest BCUT2D eigenvalue weighted by molar-refractivity contribution is 0.0728. The molecule has 2 aromatic heterocycles. The zero-order chi connectivity index (χ0) is 21.2. The van der Waals surface area contributed by atoms with Crippen molar-refractivity contribution in [3.05, 3.63) is 84.4 Å². The number of benzene rings is 2. The Bertz CT molecular complexity index is 1200. The zero-order valence-corrected chi connectivity index (χ0v) is 17.4. The second-order valence-corrected chi connectivity index (χ2v) is 7.67. The molecule has 1 aliphatic heterocycles. The molecule has 1 aliphatic rings. The van der Waals surface area contributed by atoms with Crippen LogP contribution in [0.25, 0.3) is 11.0 Å². The van der Waals surface area contributed by atoms with E-state index in [9.17, 15) is 4.79 Å². The van der Waals surface area contributed by atoms with Crippen LogP contribution in [-0.4, -0.2) is 31.9 Å². The zero-order valence-electron chi connectivity index (χ0n) is 17.4. The SMILES string of the molecule is CCn1c([C@@H]2CCCN2C(=O)c2ccc(Oc3cccnc3)cc2)nc2ccccc21. The summed E-state index contributed by atoms with van der Waals surface area (Å²) in [5, 5.41) is 0. The highest BCUT2D eigenvalue weighted by molar-refractivity contribution is 5.94. The van der Waals surface area contributed by atoms with Crippen LogP contribution >= 0.6 is 0 Å². The van der Waals surface area contributed by atoms with Crippen LogP contribution in [0.15, 0.2) is 73.1 Å². The molecule has 6 nitrogen and oxygen atoms in total. The molecule has 0 spiro atoms. The van der Waals surface area contributed by atoms with Gasteiger partial charge in [-0.15, -0.1) is 0 Å². The van der Waals surface area contributed by atoms with Gasteiger partial charge >= 0.3 is 0 Å². The number of hydrogen-bond donors (Lipinski definition) is 0. The summed E-state index contributed by atoms with van der Waals surface area (Å²) in [7, 11) is 0. The van der Waals surface area contributed by atoms with E-state index in [1.54, 1.807) is 12.4 Å². The van der Waals surface area contributed by atoms with Gasteiger partial charge in [-0.1, -0.05) is 12.1 Å². The van der Waals surface area contributed by atoms with Gasteiger partial charge in [-0.05, 0) is 68.3 Å². The number of para-hydroxylation sites is 2. The quantitative estimate of drug-likeness (QED) is 0.451. The van der Waals surface area contributed by atoms with Crippen molar-refractivity contribution in [2.24, 2.45) is 0 Å². The minimum absolute atomic E-state index is 0.00818. The van der Waals surface area contributed by atoms with Crippen LogP contribution in [0.2, 0.25) is 0 Å². The topological polar surface area (TPSA) is 60.2 Å². The molecule has 5 rings (SSSR count). The van der Waals surface area contributed by atoms with Gasteiger partial charge < -0.3 is 14.2 Å². The molecule has 1 fully saturated rings. The molecule has 2 aromatic carbocycles. The van der Waals surface area contributed by atoms with Gasteiger partial charge in [0.15, 0.2) is 0 Å². The van der Waals surface area contributed by atoms with E-state index in [1.165, 1.54) is 0 Å². The van der Waals surface area contributed by atoms with Crippen molar-refractivity contribution < 1.29 is 9.53 Å². The first-order valence-corrected chi connectivity index (χ1v) is 10.7. The summed E-state index contributed by atoms with van der Waals surface area (Å²) in [4.78, 5) is 24.3. The average Bonchev–Trinajstić information content (AvgIpc) is 3.44. The number of aromatic nitrogens is 3. The molecule has 31 heavy (non-hydrogen) atoms. The maximum absolute atomic E-state index is 13.4. The lowest BCUT2D eigenvalue weighted by Crippen LogP contribution is -2.32. The monoisotopic (exact) mass is 412 g/mol. The first-order chi connectivity index (χ1) is 15.2. The number of rotatable bonds is 5. The number of fused-ring (bicyclic) bond motifs is 1. The molecule has 156 valence electrons. The molecule has 4 aromatic rings. The smallest absolute Gasteiger partial charge is 0.254 e. The fourth-order valence-corrected chi connectivity index (χ4v) is 4.33. The predicted octanol–water partition coefficient (Wildman–Crippen LogP) is 5.22. The Morgan fingerprint density at radius 1 is 1.06 bits per heavy atom. The molecule has 0 N–H and O–H groups in total. The first kappa shape index (κ1) is 19.3. The summed E-state index contributed by atoms with van der Waals surface area (Å²) in [6.45, 7) is 3.69. The number of ether oxygens (including phenoxy) is 1. The number of nitrogens with zero attached hydrogens (tertiary/aromatic N) is 4. The van der Waals surface area contributed by atoms with Gasteiger partial charge in [-0.25, -0.2) is 4.98 Å². The number of likely N-dealkylation sites (tertiary alicyclic amines) is 1. The van der Waals surface area contributed by atoms with E-state index in [0.29, 0.717) is 17.1 Å². The van der Waals surface area contributed by atoms with Crippen molar-refractivity contribution in [3.63, 3.8) is 0 Å². The number of hydrogen-bond acceptors (Lipinski definition) is 4. The van der Waals surface area contributed by atoms with Gasteiger partial charge in [0.1, 0.15) is 17.3 Å². The van der Waals surface area contributed by atoms with E-state index in [-0.39, 0.29) is 11.9 Å². The second-order valence-electron chi connectivity index (χ2n) is 7.67. The molecule has 0 aliphatic carbocycles. The molecule has 6 heteroatoms. The summed E-state index contributed by atoms with van der Waals surface area (Å²) in [5.41, 5.74) is 2.76. The maximum Gasteiger partial charge on any atom is 0.254 e. The van der Waals surface area contributed by atoms with Crippen LogP contribution in [0.4, 0.5) is 0 Å². The van der Waals surface area contributed by atoms with Crippen LogP contribution in [-0.2, 0) is 6.54 Å². The summed E-state index contributed by atoms with van der Waals surface area (Å²) in [5.74, 6) is 2.35. The summed E-state index contributed by atoms with van der Waals surface area (Å²) in [6.07, 6.45) is 5.27. The highest BCUT2D eigenvalue weighted by atomic mass is 16.5. The predicted molar refractivity (Wildman–Crippen MR) is 119 cm³/mol. The molecular formula is C25H24N4O2. The van der Waals surface area contributed by atoms with Gasteiger partial charge in [0.2, 0.25) is 0 Å². The molecule has 0 bridgehead atoms. The molecule has 0 unspecified atom stereocenters. The Labute approximate surface area is 181 Å². The summed E-state index contributed by atoms with van der Waals surface area (Å²) < 4.78 is 8.02. The van der Waals surface area contributed by atoms with Crippen molar-refractivity contribution >= 4 is 16.9 Å². The Hall–Kier alpha value is -3.67. The van der Waals surface area contributed by atoms with E-state index < -0.39 is 0 Å². The maximum atomic E-state index is 13.4. The van der Waals surface area contributed by atoms with Gasteiger partial charge in [-0.2, -0.15) is 0 Å². The van der Waals surface area contributed by atoms with Crippen LogP contribution < -0.4 is 4.74 Å². The largest absolute Gasteiger partial charge is 0.456 e. The van der Waals surface area contributed by atoms with Gasteiger partial charge in [-0.3, -0.25) is 9.78 Å². The van der Waals surface area contributed by atoms with Gasteiger partial charge in [0, 0.05) is 24.8 Å². The van der Waals surface area contributed by atoms with Crippen molar-refractivity contribution in [2.45, 2.75) is 32.4 Å². The molecule has 1 amide bonds. The Balaban J connectivity index is 1.39. The molecule has 3 heterocycles. The highest BCUT2D eigenvalue weighted by Crippen LogP contribution is 2.34. The third-order valence-corrected chi connectivity index (χ3v) is 5.78. The fourth-order valence-electron chi connectivity index (χ4n) is 4.33. The fraction of sp³-hybridized carbons (Fsp3) is 0.240. The Morgan fingerprint density at radius 2 is 1.90 bits per heavy atom. The average molecular weight is 412 g/mol. The molecule has 1 atom stereocenters. The lowest BCUT2D eigenvalue weighted by Gasteiger charge is -2.25. The van der Waals surface area contributed by atoms with Crippen LogP contribution in [0, 0.1) is 0 Å². The van der Waals surface area contributed by atoms with E-state index in [1.807, 2.05) is 59.5 Å². The third-order valence-electron chi connectivity index (χ3n) is 5.78. The van der Waals surface area contributed by atoms with Crippen molar-refractivity contribution in [3.8, 4) is 11.5 Å². The van der Waals surface area contributed by atoms with Crippen LogP contribution in [0.5, 0.6) is 11.5 Å². The Kier molecular flexibility index (Phi) is 5.12. The summed E-state index contributed by atoms with van der Waals surface area (Å²) >= 11 is 0. The lowest BCUT2D eigenvalue weighted by atomic mass is 10.1. The van der Waals surface area contributed by atoms with Crippen molar-refractivity contribution in [1.29, 1.82) is 0 Å². The normalized spacial score (nSPS) is 16.0. The summed E-state index contributed by atoms with van der Waals surface area (Å²) in [6, 6.07) is 19.1. The van der Waals surface area contributed by atoms with E-state index in [2.05, 4.69) is 22.5 Å². The number of amides is 1. The molecule has 1 saturated heterocycles. The van der Waals surface area contributed by atoms with Crippen molar-refractivity contribution in [2.75, 3.05) is 6.54 Å². The minimum atomic E-state index is -0.00818. The van der Waals surface area contributed by atoms with E-state index >= 15 is 0 Å². The standard InChI is InChI=1S/C25H24N4O2/c1-2-28-22-9-4-3-8-21(22)27-24(28)23-10-6-16-29(23)25(30)18-11-13-19(14-12-18)31-20-7-5-15-26-17-20/h3-5,7-9,11-15,17,23H,2,6,10,16H2,1H3/t23-/m0/s1. The van der Waals surface area contributed by atoms with Crippen LogP contribution in [0.1, 0.15) is 42.0 Å². The first-order valence-electron chi connectivity index (χ1n) is 10.7. The molecule has 0 radical (unpaired) electrons. The van der Waals surface area contributed by atoms with Gasteiger partial charge in [0.05, 0.1) is 23.3 Å². The Morgan fingerprint density at radius 3 is 2.68 bits per heavy atom. The number of pyridine rings is 1. The number of carbonyl (C=O) groups is 1. The number of carbonyl (C=O) groups excluding carboxylic acids is 1. The molecule has 0 saturated carbocycles. The van der Waals surface area contributed by atoms with E-state index in [4.69, 9.17) is 9.72 Å². The number of imidazole rings is 1. The van der Waals surface area contributed by atoms with Crippen molar-refractivity contribution in [1.82, 2.24) is 19.4 Å².